The number of aromatic nitrogens is 1. The summed E-state index contributed by atoms with van der Waals surface area (Å²) in [5.41, 5.74) is 0. The summed E-state index contributed by atoms with van der Waals surface area (Å²) >= 11 is 6.26. The molecule has 3 aliphatic heterocycles. The molecule has 1 aromatic heterocycles. The zero-order valence-electron chi connectivity index (χ0n) is 18.0. The Bertz CT molecular complexity index is 1150. The number of sulfonamides is 1. The van der Waals surface area contributed by atoms with Gasteiger partial charge in [0.25, 0.3) is 0 Å². The number of carbonyl (C=O) groups excluding carboxylic acids is 1. The summed E-state index contributed by atoms with van der Waals surface area (Å²) in [5, 5.41) is 0.574. The largest absolute Gasteiger partial charge is 0.486 e. The summed E-state index contributed by atoms with van der Waals surface area (Å²) in [4.78, 5) is 21.6. The maximum atomic E-state index is 13.4. The van der Waals surface area contributed by atoms with Crippen LogP contribution in [0.25, 0.3) is 0 Å². The molecule has 0 radical (unpaired) electrons. The van der Waals surface area contributed by atoms with Crippen molar-refractivity contribution in [2.24, 2.45) is 0 Å². The number of ether oxygens (including phenoxy) is 2. The van der Waals surface area contributed by atoms with E-state index in [9.17, 15) is 13.2 Å². The lowest BCUT2D eigenvalue weighted by molar-refractivity contribution is -0.134. The topological polar surface area (TPSA) is 92.3 Å². The van der Waals surface area contributed by atoms with Crippen molar-refractivity contribution in [1.82, 2.24) is 14.2 Å². The maximum absolute atomic E-state index is 13.4. The van der Waals surface area contributed by atoms with E-state index in [1.807, 2.05) is 4.90 Å². The number of hydrogen-bond donors (Lipinski definition) is 0. The average Bonchev–Trinajstić information content (AvgIpc) is 3.35. The maximum Gasteiger partial charge on any atom is 0.243 e. The van der Waals surface area contributed by atoms with Crippen LogP contribution in [-0.2, 0) is 14.8 Å². The van der Waals surface area contributed by atoms with Crippen molar-refractivity contribution in [2.75, 3.05) is 50.8 Å². The molecule has 0 N–H and O–H groups in total. The van der Waals surface area contributed by atoms with Crippen LogP contribution in [0.3, 0.4) is 0 Å². The van der Waals surface area contributed by atoms with E-state index in [1.165, 1.54) is 16.4 Å². The molecule has 11 heteroatoms. The van der Waals surface area contributed by atoms with Gasteiger partial charge in [-0.2, -0.15) is 4.31 Å². The Kier molecular flexibility index (Phi) is 6.07. The minimum Gasteiger partial charge on any atom is -0.486 e. The first kappa shape index (κ1) is 22.2. The van der Waals surface area contributed by atoms with Gasteiger partial charge in [-0.1, -0.05) is 11.6 Å². The van der Waals surface area contributed by atoms with Gasteiger partial charge in [0.15, 0.2) is 11.5 Å². The normalized spacial score (nSPS) is 21.3. The Balaban J connectivity index is 1.29. The Morgan fingerprint density at radius 1 is 1.03 bits per heavy atom. The van der Waals surface area contributed by atoms with Gasteiger partial charge in [-0.3, -0.25) is 4.79 Å². The number of pyridine rings is 1. The third kappa shape index (κ3) is 4.22. The molecule has 2 fully saturated rings. The molecule has 33 heavy (non-hydrogen) atoms. The van der Waals surface area contributed by atoms with Crippen LogP contribution in [0.2, 0.25) is 5.02 Å². The smallest absolute Gasteiger partial charge is 0.243 e. The first-order valence-corrected chi connectivity index (χ1v) is 12.8. The standard InChI is InChI=1S/C22H25ClN4O5S/c23-17-3-1-7-24-21(17)25-9-11-26(12-10-25)22(28)18-4-2-8-27(18)33(29,30)16-5-6-19-20(15-16)32-14-13-31-19/h1,3,5-7,15,18H,2,4,8-14H2/t18-/m1/s1. The lowest BCUT2D eigenvalue weighted by Gasteiger charge is -2.37. The highest BCUT2D eigenvalue weighted by Gasteiger charge is 2.42. The predicted octanol–water partition coefficient (Wildman–Crippen LogP) is 2.01. The molecule has 3 aliphatic rings. The number of carbonyl (C=O) groups is 1. The average molecular weight is 493 g/mol. The summed E-state index contributed by atoms with van der Waals surface area (Å²) in [7, 11) is -3.85. The number of rotatable bonds is 4. The minimum atomic E-state index is -3.85. The Labute approximate surface area is 197 Å². The van der Waals surface area contributed by atoms with Crippen molar-refractivity contribution in [2.45, 2.75) is 23.8 Å². The molecule has 0 unspecified atom stereocenters. The van der Waals surface area contributed by atoms with E-state index < -0.39 is 16.1 Å². The van der Waals surface area contributed by atoms with E-state index in [0.29, 0.717) is 81.1 Å². The molecule has 1 aromatic carbocycles. The third-order valence-electron chi connectivity index (χ3n) is 6.24. The summed E-state index contributed by atoms with van der Waals surface area (Å²) in [5.74, 6) is 1.49. The van der Waals surface area contributed by atoms with Crippen LogP contribution in [0.1, 0.15) is 12.8 Å². The molecule has 4 heterocycles. The lowest BCUT2D eigenvalue weighted by atomic mass is 10.2. The lowest BCUT2D eigenvalue weighted by Crippen LogP contribution is -2.54. The third-order valence-corrected chi connectivity index (χ3v) is 8.44. The molecule has 176 valence electrons. The monoisotopic (exact) mass is 492 g/mol. The fraction of sp³-hybridized carbons (Fsp3) is 0.455. The highest BCUT2D eigenvalue weighted by atomic mass is 35.5. The number of anilines is 1. The summed E-state index contributed by atoms with van der Waals surface area (Å²) < 4.78 is 39.2. The molecule has 0 aliphatic carbocycles. The van der Waals surface area contributed by atoms with E-state index in [0.717, 1.165) is 0 Å². The molecule has 0 bridgehead atoms. The van der Waals surface area contributed by atoms with Crippen molar-refractivity contribution in [1.29, 1.82) is 0 Å². The minimum absolute atomic E-state index is 0.112. The molecule has 9 nitrogen and oxygen atoms in total. The van der Waals surface area contributed by atoms with Crippen LogP contribution in [0.4, 0.5) is 5.82 Å². The van der Waals surface area contributed by atoms with Crippen LogP contribution in [0.15, 0.2) is 41.4 Å². The van der Waals surface area contributed by atoms with Gasteiger partial charge in [0.2, 0.25) is 15.9 Å². The van der Waals surface area contributed by atoms with Gasteiger partial charge in [-0.05, 0) is 37.1 Å². The van der Waals surface area contributed by atoms with Gasteiger partial charge in [0.1, 0.15) is 25.1 Å². The first-order valence-electron chi connectivity index (χ1n) is 11.0. The second-order valence-corrected chi connectivity index (χ2v) is 10.5. The van der Waals surface area contributed by atoms with Gasteiger partial charge < -0.3 is 19.3 Å². The zero-order valence-corrected chi connectivity index (χ0v) is 19.6. The van der Waals surface area contributed by atoms with Gasteiger partial charge >= 0.3 is 0 Å². The second kappa shape index (κ2) is 9.00. The quantitative estimate of drug-likeness (QED) is 0.644. The summed E-state index contributed by atoms with van der Waals surface area (Å²) in [6, 6.07) is 7.48. The number of nitrogens with zero attached hydrogens (tertiary/aromatic N) is 4. The van der Waals surface area contributed by atoms with Crippen LogP contribution in [-0.4, -0.2) is 80.5 Å². The number of halogens is 1. The highest BCUT2D eigenvalue weighted by Crippen LogP contribution is 2.35. The van der Waals surface area contributed by atoms with Crippen LogP contribution < -0.4 is 14.4 Å². The van der Waals surface area contributed by atoms with Crippen molar-refractivity contribution in [3.8, 4) is 11.5 Å². The molecule has 1 atom stereocenters. The Morgan fingerprint density at radius 3 is 2.55 bits per heavy atom. The van der Waals surface area contributed by atoms with E-state index in [2.05, 4.69) is 4.98 Å². The predicted molar refractivity (Wildman–Crippen MR) is 122 cm³/mol. The van der Waals surface area contributed by atoms with E-state index >= 15 is 0 Å². The number of amides is 1. The first-order chi connectivity index (χ1) is 15.9. The van der Waals surface area contributed by atoms with Crippen molar-refractivity contribution >= 4 is 33.3 Å². The second-order valence-electron chi connectivity index (χ2n) is 8.20. The van der Waals surface area contributed by atoms with E-state index in [-0.39, 0.29) is 10.8 Å². The van der Waals surface area contributed by atoms with Gasteiger partial charge in [0.05, 0.1) is 9.92 Å². The number of piperazine rings is 1. The van der Waals surface area contributed by atoms with Gasteiger partial charge in [-0.25, -0.2) is 13.4 Å². The molecular formula is C22H25ClN4O5S. The van der Waals surface area contributed by atoms with Crippen LogP contribution >= 0.6 is 11.6 Å². The van der Waals surface area contributed by atoms with Gasteiger partial charge in [0, 0.05) is 45.0 Å². The number of benzene rings is 1. The fourth-order valence-electron chi connectivity index (χ4n) is 4.55. The molecule has 5 rings (SSSR count). The SMILES string of the molecule is O=C([C@H]1CCCN1S(=O)(=O)c1ccc2c(c1)OCCO2)N1CCN(c2ncccc2Cl)CC1. The summed E-state index contributed by atoms with van der Waals surface area (Å²) in [6.07, 6.45) is 2.84. The molecule has 2 saturated heterocycles. The fourth-order valence-corrected chi connectivity index (χ4v) is 6.46. The Hall–Kier alpha value is -2.56. The summed E-state index contributed by atoms with van der Waals surface area (Å²) in [6.45, 7) is 3.27. The highest BCUT2D eigenvalue weighted by molar-refractivity contribution is 7.89. The Morgan fingerprint density at radius 2 is 1.79 bits per heavy atom. The van der Waals surface area contributed by atoms with Gasteiger partial charge in [-0.15, -0.1) is 0 Å². The number of fused-ring (bicyclic) bond motifs is 1. The van der Waals surface area contributed by atoms with Crippen LogP contribution in [0.5, 0.6) is 11.5 Å². The van der Waals surface area contributed by atoms with E-state index in [1.54, 1.807) is 29.3 Å². The van der Waals surface area contributed by atoms with Crippen molar-refractivity contribution in [3.05, 3.63) is 41.6 Å². The zero-order chi connectivity index (χ0) is 23.0. The molecular weight excluding hydrogens is 468 g/mol. The van der Waals surface area contributed by atoms with Crippen molar-refractivity contribution < 1.29 is 22.7 Å². The number of hydrogen-bond acceptors (Lipinski definition) is 7. The molecule has 1 amide bonds. The van der Waals surface area contributed by atoms with E-state index in [4.69, 9.17) is 21.1 Å². The molecule has 0 saturated carbocycles. The molecule has 0 spiro atoms. The molecule has 2 aromatic rings. The van der Waals surface area contributed by atoms with Crippen molar-refractivity contribution in [3.63, 3.8) is 0 Å². The van der Waals surface area contributed by atoms with Crippen LogP contribution in [0, 0.1) is 0 Å².